The minimum Gasteiger partial charge on any atom is -0.464 e. The van der Waals surface area contributed by atoms with Gasteiger partial charge in [-0.25, -0.2) is 9.78 Å². The number of aromatic nitrogens is 1. The zero-order chi connectivity index (χ0) is 13.9. The van der Waals surface area contributed by atoms with Crippen LogP contribution >= 0.6 is 0 Å². The lowest BCUT2D eigenvalue weighted by Crippen LogP contribution is -2.42. The van der Waals surface area contributed by atoms with Gasteiger partial charge in [-0.15, -0.1) is 0 Å². The number of piperidine rings is 1. The first-order chi connectivity index (χ1) is 9.76. The highest BCUT2D eigenvalue weighted by Crippen LogP contribution is 2.28. The second kappa shape index (κ2) is 5.79. The van der Waals surface area contributed by atoms with Crippen LogP contribution in [0.25, 0.3) is 0 Å². The quantitative estimate of drug-likeness (QED) is 0.854. The van der Waals surface area contributed by atoms with Crippen molar-refractivity contribution < 1.29 is 9.53 Å². The highest BCUT2D eigenvalue weighted by atomic mass is 16.5. The topological polar surface area (TPSA) is 54.5 Å². The van der Waals surface area contributed by atoms with E-state index in [2.05, 4.69) is 15.2 Å². The minimum absolute atomic E-state index is 0.357. The van der Waals surface area contributed by atoms with Crippen molar-refractivity contribution >= 4 is 11.7 Å². The van der Waals surface area contributed by atoms with E-state index in [1.807, 2.05) is 6.07 Å². The summed E-state index contributed by atoms with van der Waals surface area (Å²) in [7, 11) is 1.37. The zero-order valence-corrected chi connectivity index (χ0v) is 11.8. The van der Waals surface area contributed by atoms with Crippen molar-refractivity contribution in [1.29, 1.82) is 0 Å². The summed E-state index contributed by atoms with van der Waals surface area (Å²) in [5.74, 6) is -0.390. The van der Waals surface area contributed by atoms with Gasteiger partial charge in [0, 0.05) is 30.5 Å². The lowest BCUT2D eigenvalue weighted by atomic mass is 9.97. The molecular formula is C15H21N3O2. The normalized spacial score (nSPS) is 26.1. The van der Waals surface area contributed by atoms with Crippen molar-refractivity contribution in [2.45, 2.75) is 37.8 Å². The van der Waals surface area contributed by atoms with E-state index >= 15 is 0 Å². The monoisotopic (exact) mass is 275 g/mol. The Hall–Kier alpha value is -1.62. The van der Waals surface area contributed by atoms with Gasteiger partial charge in [-0.3, -0.25) is 0 Å². The van der Waals surface area contributed by atoms with Crippen LogP contribution in [0.3, 0.4) is 0 Å². The molecule has 0 bridgehead atoms. The summed E-state index contributed by atoms with van der Waals surface area (Å²) in [6, 6.07) is 4.91. The summed E-state index contributed by atoms with van der Waals surface area (Å²) < 4.78 is 4.70. The first-order valence-corrected chi connectivity index (χ1v) is 7.31. The van der Waals surface area contributed by atoms with Crippen LogP contribution in [0.5, 0.6) is 0 Å². The lowest BCUT2D eigenvalue weighted by molar-refractivity contribution is 0.0594. The fourth-order valence-corrected chi connectivity index (χ4v) is 3.33. The predicted octanol–water partition coefficient (Wildman–Crippen LogP) is 1.91. The molecule has 1 aromatic heterocycles. The van der Waals surface area contributed by atoms with Gasteiger partial charge in [-0.2, -0.15) is 0 Å². The van der Waals surface area contributed by atoms with Crippen LogP contribution in [0.1, 0.15) is 36.2 Å². The first-order valence-electron chi connectivity index (χ1n) is 7.31. The summed E-state index contributed by atoms with van der Waals surface area (Å²) in [5, 5.41) is 3.54. The Labute approximate surface area is 119 Å². The van der Waals surface area contributed by atoms with E-state index in [0.717, 1.165) is 18.2 Å². The molecule has 20 heavy (non-hydrogen) atoms. The van der Waals surface area contributed by atoms with Crippen LogP contribution in [-0.2, 0) is 4.74 Å². The molecule has 0 amide bonds. The molecule has 2 saturated heterocycles. The Morgan fingerprint density at radius 3 is 3.20 bits per heavy atom. The highest BCUT2D eigenvalue weighted by molar-refractivity contribution is 5.88. The third kappa shape index (κ3) is 2.77. The number of carbonyl (C=O) groups is 1. The molecule has 0 aromatic carbocycles. The summed E-state index contributed by atoms with van der Waals surface area (Å²) in [4.78, 5) is 18.1. The van der Waals surface area contributed by atoms with Crippen molar-refractivity contribution in [3.8, 4) is 0 Å². The standard InChI is InChI=1S/C15H21N3O2/c1-20-15(19)14-10-11(4-6-16-14)17-12-5-8-18-7-2-3-13(18)9-12/h4,6,10,12-13H,2-3,5,7-9H2,1H3,(H,16,17). The van der Waals surface area contributed by atoms with Gasteiger partial charge >= 0.3 is 5.97 Å². The van der Waals surface area contributed by atoms with Gasteiger partial charge in [-0.05, 0) is 44.4 Å². The predicted molar refractivity (Wildman–Crippen MR) is 76.8 cm³/mol. The number of anilines is 1. The molecule has 0 spiro atoms. The lowest BCUT2D eigenvalue weighted by Gasteiger charge is -2.35. The Balaban J connectivity index is 1.64. The molecule has 0 saturated carbocycles. The number of methoxy groups -OCH3 is 1. The number of pyridine rings is 1. The van der Waals surface area contributed by atoms with Crippen LogP contribution in [0.15, 0.2) is 18.3 Å². The maximum Gasteiger partial charge on any atom is 0.356 e. The number of carbonyl (C=O) groups excluding carboxylic acids is 1. The molecule has 0 aliphatic carbocycles. The van der Waals surface area contributed by atoms with E-state index in [0.29, 0.717) is 11.7 Å². The third-order valence-corrected chi connectivity index (χ3v) is 4.35. The number of hydrogen-bond donors (Lipinski definition) is 1. The van der Waals surface area contributed by atoms with E-state index in [9.17, 15) is 4.79 Å². The Bertz CT molecular complexity index is 492. The number of fused-ring (bicyclic) bond motifs is 1. The fraction of sp³-hybridized carbons (Fsp3) is 0.600. The van der Waals surface area contributed by atoms with Crippen molar-refractivity contribution in [3.05, 3.63) is 24.0 Å². The van der Waals surface area contributed by atoms with Gasteiger partial charge in [0.1, 0.15) is 5.69 Å². The van der Waals surface area contributed by atoms with Crippen molar-refractivity contribution in [1.82, 2.24) is 9.88 Å². The molecule has 2 atom stereocenters. The molecule has 5 nitrogen and oxygen atoms in total. The van der Waals surface area contributed by atoms with Crippen LogP contribution in [-0.4, -0.2) is 48.1 Å². The Morgan fingerprint density at radius 2 is 2.35 bits per heavy atom. The van der Waals surface area contributed by atoms with Crippen molar-refractivity contribution in [3.63, 3.8) is 0 Å². The maximum absolute atomic E-state index is 11.5. The fourth-order valence-electron chi connectivity index (χ4n) is 3.33. The average Bonchev–Trinajstić information content (AvgIpc) is 2.94. The van der Waals surface area contributed by atoms with Gasteiger partial charge in [0.25, 0.3) is 0 Å². The molecule has 2 aliphatic heterocycles. The SMILES string of the molecule is COC(=O)c1cc(NC2CCN3CCCC3C2)ccn1. The Kier molecular flexibility index (Phi) is 3.87. The molecule has 2 aliphatic rings. The van der Waals surface area contributed by atoms with Crippen LogP contribution < -0.4 is 5.32 Å². The van der Waals surface area contributed by atoms with Crippen molar-refractivity contribution in [2.24, 2.45) is 0 Å². The van der Waals surface area contributed by atoms with E-state index in [1.54, 1.807) is 12.3 Å². The molecular weight excluding hydrogens is 254 g/mol. The smallest absolute Gasteiger partial charge is 0.356 e. The van der Waals surface area contributed by atoms with Gasteiger partial charge in [0.05, 0.1) is 7.11 Å². The summed E-state index contributed by atoms with van der Waals surface area (Å²) >= 11 is 0. The van der Waals surface area contributed by atoms with E-state index in [1.165, 1.54) is 39.5 Å². The van der Waals surface area contributed by atoms with Gasteiger partial charge in [0.15, 0.2) is 0 Å². The molecule has 3 heterocycles. The molecule has 2 fully saturated rings. The van der Waals surface area contributed by atoms with E-state index in [4.69, 9.17) is 4.74 Å². The van der Waals surface area contributed by atoms with Crippen molar-refractivity contribution in [2.75, 3.05) is 25.5 Å². The molecule has 1 aromatic rings. The van der Waals surface area contributed by atoms with Gasteiger partial charge in [0.2, 0.25) is 0 Å². The number of esters is 1. The zero-order valence-electron chi connectivity index (χ0n) is 11.8. The van der Waals surface area contributed by atoms with Crippen LogP contribution in [0.4, 0.5) is 5.69 Å². The summed E-state index contributed by atoms with van der Waals surface area (Å²) in [5.41, 5.74) is 1.31. The molecule has 1 N–H and O–H groups in total. The molecule has 108 valence electrons. The summed E-state index contributed by atoms with van der Waals surface area (Å²) in [6.45, 7) is 2.44. The van der Waals surface area contributed by atoms with E-state index in [-0.39, 0.29) is 5.97 Å². The minimum atomic E-state index is -0.390. The number of hydrogen-bond acceptors (Lipinski definition) is 5. The average molecular weight is 275 g/mol. The number of ether oxygens (including phenoxy) is 1. The van der Waals surface area contributed by atoms with Gasteiger partial charge in [-0.1, -0.05) is 0 Å². The number of nitrogens with one attached hydrogen (secondary N) is 1. The number of rotatable bonds is 3. The third-order valence-electron chi connectivity index (χ3n) is 4.35. The second-order valence-electron chi connectivity index (χ2n) is 5.62. The van der Waals surface area contributed by atoms with Crippen LogP contribution in [0, 0.1) is 0 Å². The molecule has 2 unspecified atom stereocenters. The molecule has 5 heteroatoms. The van der Waals surface area contributed by atoms with Crippen LogP contribution in [0.2, 0.25) is 0 Å². The van der Waals surface area contributed by atoms with E-state index < -0.39 is 0 Å². The highest BCUT2D eigenvalue weighted by Gasteiger charge is 2.31. The molecule has 3 rings (SSSR count). The second-order valence-corrected chi connectivity index (χ2v) is 5.62. The Morgan fingerprint density at radius 1 is 1.45 bits per heavy atom. The number of nitrogens with zero attached hydrogens (tertiary/aromatic N) is 2. The first kappa shape index (κ1) is 13.4. The van der Waals surface area contributed by atoms with Gasteiger partial charge < -0.3 is 15.0 Å². The molecule has 0 radical (unpaired) electrons. The largest absolute Gasteiger partial charge is 0.464 e. The maximum atomic E-state index is 11.5. The summed E-state index contributed by atoms with van der Waals surface area (Å²) in [6.07, 6.45) is 6.66.